The molecule has 0 bridgehead atoms. The molecular formula is C16H16FN3O4S. The number of nitrogens with two attached hydrogens (primary N) is 1. The zero-order valence-corrected chi connectivity index (χ0v) is 13.9. The van der Waals surface area contributed by atoms with Crippen LogP contribution in [0.25, 0.3) is 0 Å². The first-order chi connectivity index (χ1) is 11.8. The average Bonchev–Trinajstić information content (AvgIpc) is 2.54. The number of nitro groups is 1. The van der Waals surface area contributed by atoms with Gasteiger partial charge in [0.2, 0.25) is 10.0 Å². The van der Waals surface area contributed by atoms with E-state index in [4.69, 9.17) is 5.14 Å². The minimum Gasteiger partial charge on any atom is -0.377 e. The number of anilines is 1. The predicted octanol–water partition coefficient (Wildman–Crippen LogP) is 2.87. The van der Waals surface area contributed by atoms with E-state index in [0.29, 0.717) is 6.42 Å². The van der Waals surface area contributed by atoms with Gasteiger partial charge >= 0.3 is 0 Å². The van der Waals surface area contributed by atoms with E-state index >= 15 is 0 Å². The third-order valence-electron chi connectivity index (χ3n) is 4.23. The van der Waals surface area contributed by atoms with E-state index in [1.54, 1.807) is 6.07 Å². The summed E-state index contributed by atoms with van der Waals surface area (Å²) in [6.07, 6.45) is 2.27. The lowest BCUT2D eigenvalue weighted by Crippen LogP contribution is -2.21. The Morgan fingerprint density at radius 3 is 2.68 bits per heavy atom. The van der Waals surface area contributed by atoms with Crippen molar-refractivity contribution in [1.82, 2.24) is 0 Å². The van der Waals surface area contributed by atoms with Crippen LogP contribution in [0.15, 0.2) is 41.3 Å². The molecule has 0 fully saturated rings. The predicted molar refractivity (Wildman–Crippen MR) is 90.2 cm³/mol. The average molecular weight is 365 g/mol. The summed E-state index contributed by atoms with van der Waals surface area (Å²) in [5, 5.41) is 19.2. The molecule has 1 aliphatic carbocycles. The van der Waals surface area contributed by atoms with Gasteiger partial charge in [-0.15, -0.1) is 0 Å². The molecule has 3 N–H and O–H groups in total. The van der Waals surface area contributed by atoms with Crippen LogP contribution < -0.4 is 10.5 Å². The van der Waals surface area contributed by atoms with Crippen molar-refractivity contribution in [1.29, 1.82) is 0 Å². The monoisotopic (exact) mass is 365 g/mol. The molecule has 0 spiro atoms. The van der Waals surface area contributed by atoms with Crippen molar-refractivity contribution in [3.05, 3.63) is 63.5 Å². The number of nitrogens with zero attached hydrogens (tertiary/aromatic N) is 1. The standard InChI is InChI=1S/C16H16FN3O4S/c17-11-5-4-10-2-1-3-14(13(10)8-11)19-15-9-12(20(21)22)6-7-16(15)25(18,23)24/h4-9,14,19H,1-3H2,(H2,18,23,24). The molecule has 2 aromatic rings. The molecule has 0 saturated carbocycles. The highest BCUT2D eigenvalue weighted by atomic mass is 32.2. The highest BCUT2D eigenvalue weighted by Crippen LogP contribution is 2.35. The molecule has 0 heterocycles. The van der Waals surface area contributed by atoms with Gasteiger partial charge in [-0.2, -0.15) is 0 Å². The van der Waals surface area contributed by atoms with Crippen LogP contribution in [0, 0.1) is 15.9 Å². The molecule has 0 saturated heterocycles. The van der Waals surface area contributed by atoms with E-state index in [1.807, 2.05) is 0 Å². The van der Waals surface area contributed by atoms with Crippen molar-refractivity contribution < 1.29 is 17.7 Å². The minimum atomic E-state index is -4.07. The minimum absolute atomic E-state index is 0.0406. The number of nitrogens with one attached hydrogen (secondary N) is 1. The Hall–Kier alpha value is -2.52. The van der Waals surface area contributed by atoms with Gasteiger partial charge in [0.1, 0.15) is 10.7 Å². The number of hydrogen-bond acceptors (Lipinski definition) is 5. The molecule has 9 heteroatoms. The van der Waals surface area contributed by atoms with Crippen molar-refractivity contribution in [2.45, 2.75) is 30.2 Å². The zero-order chi connectivity index (χ0) is 18.2. The fourth-order valence-electron chi connectivity index (χ4n) is 3.10. The lowest BCUT2D eigenvalue weighted by Gasteiger charge is -2.28. The maximum atomic E-state index is 13.6. The summed E-state index contributed by atoms with van der Waals surface area (Å²) in [7, 11) is -4.07. The topological polar surface area (TPSA) is 115 Å². The maximum Gasteiger partial charge on any atom is 0.271 e. The van der Waals surface area contributed by atoms with E-state index < -0.39 is 20.8 Å². The second kappa shape index (κ2) is 6.41. The number of nitro benzene ring substituents is 1. The van der Waals surface area contributed by atoms with Crippen LogP contribution in [0.3, 0.4) is 0 Å². The maximum absolute atomic E-state index is 13.6. The lowest BCUT2D eigenvalue weighted by atomic mass is 9.87. The number of fused-ring (bicyclic) bond motifs is 1. The van der Waals surface area contributed by atoms with Crippen molar-refractivity contribution in [3.8, 4) is 0 Å². The Kier molecular flexibility index (Phi) is 4.44. The van der Waals surface area contributed by atoms with Crippen LogP contribution in [-0.4, -0.2) is 13.3 Å². The van der Waals surface area contributed by atoms with E-state index in [1.165, 1.54) is 12.1 Å². The Morgan fingerprint density at radius 1 is 1.24 bits per heavy atom. The molecule has 132 valence electrons. The highest BCUT2D eigenvalue weighted by molar-refractivity contribution is 7.89. The quantitative estimate of drug-likeness (QED) is 0.638. The molecule has 0 amide bonds. The number of sulfonamides is 1. The van der Waals surface area contributed by atoms with Crippen LogP contribution in [0.4, 0.5) is 15.8 Å². The second-order valence-electron chi connectivity index (χ2n) is 5.91. The largest absolute Gasteiger partial charge is 0.377 e. The molecule has 25 heavy (non-hydrogen) atoms. The van der Waals surface area contributed by atoms with E-state index in [9.17, 15) is 22.9 Å². The number of rotatable bonds is 4. The first kappa shape index (κ1) is 17.3. The van der Waals surface area contributed by atoms with E-state index in [2.05, 4.69) is 5.32 Å². The summed E-state index contributed by atoms with van der Waals surface area (Å²) in [5.41, 5.74) is 1.47. The van der Waals surface area contributed by atoms with Gasteiger partial charge in [0.25, 0.3) is 5.69 Å². The van der Waals surface area contributed by atoms with Crippen LogP contribution in [0.2, 0.25) is 0 Å². The molecular weight excluding hydrogens is 349 g/mol. The Morgan fingerprint density at radius 2 is 2.00 bits per heavy atom. The first-order valence-corrected chi connectivity index (χ1v) is 9.16. The third-order valence-corrected chi connectivity index (χ3v) is 5.20. The number of primary sulfonamides is 1. The lowest BCUT2D eigenvalue weighted by molar-refractivity contribution is -0.384. The Labute approximate surface area is 143 Å². The molecule has 7 nitrogen and oxygen atoms in total. The van der Waals surface area contributed by atoms with Gasteiger partial charge in [-0.25, -0.2) is 17.9 Å². The van der Waals surface area contributed by atoms with E-state index in [0.717, 1.165) is 42.2 Å². The summed E-state index contributed by atoms with van der Waals surface area (Å²) < 4.78 is 37.2. The van der Waals surface area contributed by atoms with Gasteiger partial charge in [-0.05, 0) is 48.6 Å². The number of aryl methyl sites for hydroxylation is 1. The van der Waals surface area contributed by atoms with Crippen molar-refractivity contribution in [3.63, 3.8) is 0 Å². The highest BCUT2D eigenvalue weighted by Gasteiger charge is 2.24. The van der Waals surface area contributed by atoms with Crippen LogP contribution in [-0.2, 0) is 16.4 Å². The summed E-state index contributed by atoms with van der Waals surface area (Å²) in [6, 6.07) is 7.44. The fourth-order valence-corrected chi connectivity index (χ4v) is 3.78. The molecule has 0 radical (unpaired) electrons. The smallest absolute Gasteiger partial charge is 0.271 e. The van der Waals surface area contributed by atoms with E-state index in [-0.39, 0.29) is 22.3 Å². The molecule has 0 aromatic heterocycles. The van der Waals surface area contributed by atoms with Gasteiger partial charge in [0.05, 0.1) is 16.7 Å². The fraction of sp³-hybridized carbons (Fsp3) is 0.250. The Bertz CT molecular complexity index is 946. The molecule has 1 aliphatic rings. The molecule has 0 aliphatic heterocycles. The summed E-state index contributed by atoms with van der Waals surface area (Å²) in [4.78, 5) is 10.1. The van der Waals surface area contributed by atoms with Crippen molar-refractivity contribution in [2.75, 3.05) is 5.32 Å². The number of halogens is 1. The summed E-state index contributed by atoms with van der Waals surface area (Å²) >= 11 is 0. The number of non-ortho nitro benzene ring substituents is 1. The molecule has 1 unspecified atom stereocenters. The zero-order valence-electron chi connectivity index (χ0n) is 13.1. The van der Waals surface area contributed by atoms with Crippen LogP contribution in [0.5, 0.6) is 0 Å². The van der Waals surface area contributed by atoms with Crippen LogP contribution >= 0.6 is 0 Å². The Balaban J connectivity index is 2.05. The second-order valence-corrected chi connectivity index (χ2v) is 7.44. The summed E-state index contributed by atoms with van der Waals surface area (Å²) in [6.45, 7) is 0. The SMILES string of the molecule is NS(=O)(=O)c1ccc([N+](=O)[O-])cc1NC1CCCc2ccc(F)cc21. The third kappa shape index (κ3) is 3.62. The number of benzene rings is 2. The molecule has 3 rings (SSSR count). The van der Waals surface area contributed by atoms with Crippen molar-refractivity contribution >= 4 is 21.4 Å². The normalized spacial score (nSPS) is 17.0. The van der Waals surface area contributed by atoms with Gasteiger partial charge in [-0.1, -0.05) is 6.07 Å². The van der Waals surface area contributed by atoms with Gasteiger partial charge in [0.15, 0.2) is 0 Å². The van der Waals surface area contributed by atoms with Crippen LogP contribution in [0.1, 0.15) is 30.0 Å². The number of hydrogen-bond donors (Lipinski definition) is 2. The summed E-state index contributed by atoms with van der Waals surface area (Å²) in [5.74, 6) is -0.391. The van der Waals surface area contributed by atoms with Gasteiger partial charge in [-0.3, -0.25) is 10.1 Å². The first-order valence-electron chi connectivity index (χ1n) is 7.62. The van der Waals surface area contributed by atoms with Crippen molar-refractivity contribution in [2.24, 2.45) is 5.14 Å². The molecule has 2 aromatic carbocycles. The molecule has 1 atom stereocenters. The van der Waals surface area contributed by atoms with Gasteiger partial charge < -0.3 is 5.32 Å². The van der Waals surface area contributed by atoms with Gasteiger partial charge in [0, 0.05) is 12.1 Å².